The van der Waals surface area contributed by atoms with Crippen molar-refractivity contribution in [1.82, 2.24) is 0 Å². The first-order valence-electron chi connectivity index (χ1n) is 5.64. The van der Waals surface area contributed by atoms with Crippen LogP contribution in [0.15, 0.2) is 41.3 Å². The summed E-state index contributed by atoms with van der Waals surface area (Å²) in [5, 5.41) is 5.67. The Morgan fingerprint density at radius 1 is 1.10 bits per heavy atom. The fraction of sp³-hybridized carbons (Fsp3) is 0.0769. The van der Waals surface area contributed by atoms with Crippen LogP contribution in [-0.4, -0.2) is 8.42 Å². The molecule has 0 aliphatic rings. The fourth-order valence-electron chi connectivity index (χ4n) is 1.67. The smallest absolute Gasteiger partial charge is 0.240 e. The van der Waals surface area contributed by atoms with Gasteiger partial charge in [0.1, 0.15) is 16.4 Å². The van der Waals surface area contributed by atoms with E-state index in [4.69, 9.17) is 27.2 Å². The molecule has 2 aromatic carbocycles. The van der Waals surface area contributed by atoms with E-state index in [0.717, 1.165) is 5.56 Å². The van der Waals surface area contributed by atoms with Crippen LogP contribution >= 0.6 is 11.6 Å². The maximum absolute atomic E-state index is 11.2. The first-order valence-corrected chi connectivity index (χ1v) is 7.56. The van der Waals surface area contributed by atoms with Gasteiger partial charge < -0.3 is 10.5 Å². The minimum Gasteiger partial charge on any atom is -0.457 e. The molecule has 0 aliphatic carbocycles. The normalized spacial score (nSPS) is 11.3. The third kappa shape index (κ3) is 3.22. The van der Waals surface area contributed by atoms with Crippen molar-refractivity contribution < 1.29 is 13.2 Å². The van der Waals surface area contributed by atoms with Crippen LogP contribution in [0.1, 0.15) is 5.56 Å². The molecular weight excluding hydrogens is 300 g/mol. The number of halogens is 1. The Balaban J connectivity index is 2.31. The van der Waals surface area contributed by atoms with E-state index in [1.165, 1.54) is 18.2 Å². The number of ether oxygens (including phenoxy) is 1. The van der Waals surface area contributed by atoms with Gasteiger partial charge in [0.2, 0.25) is 10.0 Å². The summed E-state index contributed by atoms with van der Waals surface area (Å²) >= 11 is 5.92. The van der Waals surface area contributed by atoms with Crippen LogP contribution < -0.4 is 15.6 Å². The summed E-state index contributed by atoms with van der Waals surface area (Å²) < 4.78 is 28.1. The first-order chi connectivity index (χ1) is 9.27. The monoisotopic (exact) mass is 312 g/mol. The highest BCUT2D eigenvalue weighted by Gasteiger charge is 2.13. The molecule has 2 rings (SSSR count). The number of primary sulfonamides is 1. The summed E-state index contributed by atoms with van der Waals surface area (Å²) in [6, 6.07) is 9.39. The number of nitrogens with two attached hydrogens (primary N) is 2. The van der Waals surface area contributed by atoms with Crippen molar-refractivity contribution in [2.75, 3.05) is 5.73 Å². The molecule has 0 saturated carbocycles. The lowest BCUT2D eigenvalue weighted by molar-refractivity contribution is 0.482. The average molecular weight is 313 g/mol. The fourth-order valence-corrected chi connectivity index (χ4v) is 2.43. The predicted octanol–water partition coefficient (Wildman–Crippen LogP) is 2.67. The molecule has 0 saturated heterocycles. The Labute approximate surface area is 122 Å². The number of rotatable bonds is 3. The zero-order chi connectivity index (χ0) is 14.9. The van der Waals surface area contributed by atoms with Crippen LogP contribution in [0.2, 0.25) is 5.02 Å². The predicted molar refractivity (Wildman–Crippen MR) is 78.5 cm³/mol. The molecular formula is C13H13ClN2O3S. The highest BCUT2D eigenvalue weighted by molar-refractivity contribution is 7.89. The summed E-state index contributed by atoms with van der Waals surface area (Å²) in [7, 11) is -3.83. The van der Waals surface area contributed by atoms with Gasteiger partial charge in [-0.15, -0.1) is 0 Å². The Morgan fingerprint density at radius 2 is 1.70 bits per heavy atom. The molecule has 5 nitrogen and oxygen atoms in total. The number of anilines is 1. The van der Waals surface area contributed by atoms with Gasteiger partial charge in [0.05, 0.1) is 5.69 Å². The van der Waals surface area contributed by atoms with Crippen molar-refractivity contribution >= 4 is 27.3 Å². The van der Waals surface area contributed by atoms with Gasteiger partial charge in [-0.25, -0.2) is 13.6 Å². The van der Waals surface area contributed by atoms with E-state index >= 15 is 0 Å². The van der Waals surface area contributed by atoms with Crippen LogP contribution in [-0.2, 0) is 10.0 Å². The minimum atomic E-state index is -3.83. The third-order valence-corrected chi connectivity index (χ3v) is 4.06. The van der Waals surface area contributed by atoms with Crippen LogP contribution in [0, 0.1) is 6.92 Å². The largest absolute Gasteiger partial charge is 0.457 e. The molecule has 2 aromatic rings. The number of benzene rings is 2. The van der Waals surface area contributed by atoms with Crippen molar-refractivity contribution in [3.8, 4) is 11.5 Å². The van der Waals surface area contributed by atoms with Gasteiger partial charge in [-0.3, -0.25) is 0 Å². The topological polar surface area (TPSA) is 95.4 Å². The van der Waals surface area contributed by atoms with Gasteiger partial charge in [0, 0.05) is 11.1 Å². The van der Waals surface area contributed by atoms with Gasteiger partial charge in [-0.1, -0.05) is 11.6 Å². The molecule has 0 aliphatic heterocycles. The van der Waals surface area contributed by atoms with Gasteiger partial charge in [-0.2, -0.15) is 0 Å². The van der Waals surface area contributed by atoms with Crippen molar-refractivity contribution in [3.63, 3.8) is 0 Å². The summed E-state index contributed by atoms with van der Waals surface area (Å²) in [6.07, 6.45) is 0. The number of hydrogen-bond acceptors (Lipinski definition) is 4. The molecule has 0 atom stereocenters. The minimum absolute atomic E-state index is 0.0377. The molecule has 106 valence electrons. The second-order valence-corrected chi connectivity index (χ2v) is 6.19. The third-order valence-electron chi connectivity index (χ3n) is 2.65. The van der Waals surface area contributed by atoms with Crippen molar-refractivity contribution in [2.45, 2.75) is 11.8 Å². The van der Waals surface area contributed by atoms with Gasteiger partial charge in [0.25, 0.3) is 0 Å². The van der Waals surface area contributed by atoms with E-state index < -0.39 is 10.0 Å². The van der Waals surface area contributed by atoms with Gasteiger partial charge >= 0.3 is 0 Å². The molecule has 0 radical (unpaired) electrons. The SMILES string of the molecule is Cc1cc(Oc2ccc(S(N)(=O)=O)c(N)c2)ccc1Cl. The Hall–Kier alpha value is -1.76. The second kappa shape index (κ2) is 5.32. The van der Waals surface area contributed by atoms with E-state index in [-0.39, 0.29) is 10.6 Å². The number of sulfonamides is 1. The van der Waals surface area contributed by atoms with E-state index in [9.17, 15) is 8.42 Å². The molecule has 0 aromatic heterocycles. The quantitative estimate of drug-likeness (QED) is 0.852. The lowest BCUT2D eigenvalue weighted by atomic mass is 10.2. The van der Waals surface area contributed by atoms with E-state index in [1.54, 1.807) is 18.2 Å². The average Bonchev–Trinajstić information content (AvgIpc) is 2.32. The van der Waals surface area contributed by atoms with E-state index in [2.05, 4.69) is 0 Å². The van der Waals surface area contributed by atoms with Crippen LogP contribution in [0.3, 0.4) is 0 Å². The van der Waals surface area contributed by atoms with Crippen LogP contribution in [0.5, 0.6) is 11.5 Å². The first kappa shape index (κ1) is 14.6. The summed E-state index contributed by atoms with van der Waals surface area (Å²) in [4.78, 5) is -0.128. The summed E-state index contributed by atoms with van der Waals surface area (Å²) in [5.74, 6) is 0.992. The molecule has 0 heterocycles. The highest BCUT2D eigenvalue weighted by Crippen LogP contribution is 2.29. The maximum atomic E-state index is 11.2. The zero-order valence-electron chi connectivity index (χ0n) is 10.6. The standard InChI is InChI=1S/C13H13ClN2O3S/c1-8-6-9(2-4-11(8)14)19-10-3-5-13(12(15)7-10)20(16,17)18/h2-7H,15H2,1H3,(H2,16,17,18). The molecule has 20 heavy (non-hydrogen) atoms. The van der Waals surface area contributed by atoms with Gasteiger partial charge in [0.15, 0.2) is 0 Å². The summed E-state index contributed by atoms with van der Waals surface area (Å²) in [6.45, 7) is 1.85. The Bertz CT molecular complexity index is 760. The van der Waals surface area contributed by atoms with Crippen molar-refractivity contribution in [2.24, 2.45) is 5.14 Å². The molecule has 7 heteroatoms. The summed E-state index contributed by atoms with van der Waals surface area (Å²) in [5.41, 5.74) is 6.57. The molecule has 0 bridgehead atoms. The lowest BCUT2D eigenvalue weighted by Crippen LogP contribution is -2.14. The highest BCUT2D eigenvalue weighted by atomic mass is 35.5. The number of hydrogen-bond donors (Lipinski definition) is 2. The second-order valence-electron chi connectivity index (χ2n) is 4.26. The number of aryl methyl sites for hydroxylation is 1. The molecule has 0 unspecified atom stereocenters. The number of nitrogen functional groups attached to an aromatic ring is 1. The van der Waals surface area contributed by atoms with Crippen molar-refractivity contribution in [3.05, 3.63) is 47.0 Å². The van der Waals surface area contributed by atoms with E-state index in [0.29, 0.717) is 16.5 Å². The van der Waals surface area contributed by atoms with Crippen LogP contribution in [0.4, 0.5) is 5.69 Å². The van der Waals surface area contributed by atoms with Gasteiger partial charge in [-0.05, 0) is 42.8 Å². The Morgan fingerprint density at radius 3 is 2.25 bits per heavy atom. The molecule has 0 fully saturated rings. The molecule has 0 amide bonds. The lowest BCUT2D eigenvalue weighted by Gasteiger charge is -2.09. The van der Waals surface area contributed by atoms with Crippen LogP contribution in [0.25, 0.3) is 0 Å². The maximum Gasteiger partial charge on any atom is 0.240 e. The molecule has 4 N–H and O–H groups in total. The molecule has 0 spiro atoms. The Kier molecular flexibility index (Phi) is 3.89. The van der Waals surface area contributed by atoms with E-state index in [1.807, 2.05) is 6.92 Å². The van der Waals surface area contributed by atoms with Crippen molar-refractivity contribution in [1.29, 1.82) is 0 Å². The zero-order valence-corrected chi connectivity index (χ0v) is 12.2.